The quantitative estimate of drug-likeness (QED) is 0.916. The molecule has 4 nitrogen and oxygen atoms in total. The minimum Gasteiger partial charge on any atom is -0.342 e. The lowest BCUT2D eigenvalue weighted by Gasteiger charge is -2.19. The highest BCUT2D eigenvalue weighted by molar-refractivity contribution is 6.35. The molecular formula is C14H19ClN4. The molecule has 5 heteroatoms. The lowest BCUT2D eigenvalue weighted by Crippen LogP contribution is -2.28. The Balaban J connectivity index is 1.76. The van der Waals surface area contributed by atoms with Crippen LogP contribution in [-0.4, -0.2) is 53.0 Å². The minimum atomic E-state index is 0.767. The highest BCUT2D eigenvalue weighted by atomic mass is 35.5. The molecular weight excluding hydrogens is 260 g/mol. The number of nitrogens with zero attached hydrogens (tertiary/aromatic N) is 3. The molecule has 1 aliphatic heterocycles. The van der Waals surface area contributed by atoms with Crippen LogP contribution in [0, 0.1) is 0 Å². The van der Waals surface area contributed by atoms with Gasteiger partial charge in [-0.25, -0.2) is 4.98 Å². The largest absolute Gasteiger partial charge is 0.342 e. The molecule has 0 amide bonds. The van der Waals surface area contributed by atoms with E-state index in [9.17, 15) is 0 Å². The van der Waals surface area contributed by atoms with Gasteiger partial charge in [0, 0.05) is 36.9 Å². The molecule has 0 radical (unpaired) electrons. The van der Waals surface area contributed by atoms with Crippen LogP contribution in [0.25, 0.3) is 11.0 Å². The van der Waals surface area contributed by atoms with Gasteiger partial charge in [-0.2, -0.15) is 0 Å². The van der Waals surface area contributed by atoms with Gasteiger partial charge in [0.2, 0.25) is 0 Å². The maximum atomic E-state index is 6.18. The third-order valence-electron chi connectivity index (χ3n) is 3.74. The molecule has 0 aromatic carbocycles. The van der Waals surface area contributed by atoms with Crippen LogP contribution in [0.2, 0.25) is 5.02 Å². The molecule has 2 aromatic rings. The number of rotatable bonds is 2. The average molecular weight is 279 g/mol. The van der Waals surface area contributed by atoms with E-state index in [1.165, 1.54) is 18.7 Å². The molecule has 0 aliphatic carbocycles. The van der Waals surface area contributed by atoms with Gasteiger partial charge in [0.1, 0.15) is 5.65 Å². The molecule has 1 aliphatic rings. The van der Waals surface area contributed by atoms with E-state index < -0.39 is 0 Å². The summed E-state index contributed by atoms with van der Waals surface area (Å²) in [6, 6.07) is 3.96. The Morgan fingerprint density at radius 2 is 2.21 bits per heavy atom. The fourth-order valence-electron chi connectivity index (χ4n) is 2.63. The van der Waals surface area contributed by atoms with Crippen molar-refractivity contribution < 1.29 is 0 Å². The van der Waals surface area contributed by atoms with Crippen LogP contribution in [0.5, 0.6) is 0 Å². The highest BCUT2D eigenvalue weighted by Crippen LogP contribution is 2.22. The van der Waals surface area contributed by atoms with Crippen LogP contribution in [0.3, 0.4) is 0 Å². The van der Waals surface area contributed by atoms with Crippen molar-refractivity contribution in [3.8, 4) is 0 Å². The van der Waals surface area contributed by atoms with E-state index in [2.05, 4.69) is 32.9 Å². The predicted molar refractivity (Wildman–Crippen MR) is 78.5 cm³/mol. The van der Waals surface area contributed by atoms with E-state index >= 15 is 0 Å². The summed E-state index contributed by atoms with van der Waals surface area (Å²) in [5, 5.41) is 1.79. The first kappa shape index (κ1) is 12.9. The maximum Gasteiger partial charge on any atom is 0.138 e. The zero-order valence-electron chi connectivity index (χ0n) is 11.2. The molecule has 3 rings (SSSR count). The Bertz CT molecular complexity index is 566. The Kier molecular flexibility index (Phi) is 3.73. The monoisotopic (exact) mass is 278 g/mol. The first-order valence-electron chi connectivity index (χ1n) is 6.75. The van der Waals surface area contributed by atoms with E-state index in [1.807, 2.05) is 6.07 Å². The lowest BCUT2D eigenvalue weighted by atomic mass is 10.3. The molecule has 102 valence electrons. The molecule has 0 spiro atoms. The first-order chi connectivity index (χ1) is 9.22. The zero-order chi connectivity index (χ0) is 13.2. The highest BCUT2D eigenvalue weighted by Gasteiger charge is 2.14. The molecule has 1 fully saturated rings. The number of hydrogen-bond donors (Lipinski definition) is 1. The van der Waals surface area contributed by atoms with E-state index in [0.29, 0.717) is 0 Å². The number of likely N-dealkylation sites (N-methyl/N-ethyl adjacent to an activating group) is 1. The molecule has 0 unspecified atom stereocenters. The molecule has 3 heterocycles. The van der Waals surface area contributed by atoms with E-state index in [0.717, 1.165) is 42.2 Å². The van der Waals surface area contributed by atoms with Crippen LogP contribution in [0.1, 0.15) is 12.1 Å². The smallest absolute Gasteiger partial charge is 0.138 e. The molecule has 0 bridgehead atoms. The zero-order valence-corrected chi connectivity index (χ0v) is 12.0. The van der Waals surface area contributed by atoms with Crippen molar-refractivity contribution >= 4 is 22.6 Å². The summed E-state index contributed by atoms with van der Waals surface area (Å²) < 4.78 is 0. The van der Waals surface area contributed by atoms with Crippen LogP contribution < -0.4 is 0 Å². The fraction of sp³-hybridized carbons (Fsp3) is 0.500. The molecule has 19 heavy (non-hydrogen) atoms. The van der Waals surface area contributed by atoms with E-state index in [4.69, 9.17) is 11.6 Å². The molecule has 1 saturated heterocycles. The van der Waals surface area contributed by atoms with Gasteiger partial charge in [-0.15, -0.1) is 0 Å². The van der Waals surface area contributed by atoms with Crippen molar-refractivity contribution in [2.24, 2.45) is 0 Å². The summed E-state index contributed by atoms with van der Waals surface area (Å²) in [5.41, 5.74) is 2.08. The van der Waals surface area contributed by atoms with Gasteiger partial charge in [-0.05, 0) is 38.7 Å². The summed E-state index contributed by atoms with van der Waals surface area (Å²) in [6.07, 6.45) is 2.97. The summed E-state index contributed by atoms with van der Waals surface area (Å²) >= 11 is 6.18. The Labute approximate surface area is 118 Å². The fourth-order valence-corrected chi connectivity index (χ4v) is 2.83. The summed E-state index contributed by atoms with van der Waals surface area (Å²) in [7, 11) is 2.19. The number of hydrogen-bond acceptors (Lipinski definition) is 3. The van der Waals surface area contributed by atoms with Gasteiger partial charge in [-0.3, -0.25) is 4.90 Å². The first-order valence-corrected chi connectivity index (χ1v) is 7.13. The van der Waals surface area contributed by atoms with Crippen molar-refractivity contribution in [2.45, 2.75) is 13.0 Å². The second-order valence-electron chi connectivity index (χ2n) is 5.28. The number of H-pyrrole nitrogens is 1. The van der Waals surface area contributed by atoms with E-state index in [1.54, 1.807) is 6.20 Å². The number of aromatic nitrogens is 2. The maximum absolute atomic E-state index is 6.18. The Morgan fingerprint density at radius 3 is 3.05 bits per heavy atom. The Hall–Kier alpha value is -1.10. The topological polar surface area (TPSA) is 35.2 Å². The summed E-state index contributed by atoms with van der Waals surface area (Å²) in [6.45, 7) is 5.55. The Morgan fingerprint density at radius 1 is 1.32 bits per heavy atom. The van der Waals surface area contributed by atoms with Crippen LogP contribution in [0.4, 0.5) is 0 Å². The minimum absolute atomic E-state index is 0.767. The summed E-state index contributed by atoms with van der Waals surface area (Å²) in [5.74, 6) is 0. The standard InChI is InChI=1S/C14H19ClN4/c1-18-5-2-6-19(8-7-18)10-11-9-12-13(15)3-4-16-14(12)17-11/h3-4,9H,2,5-8,10H2,1H3,(H,16,17). The average Bonchev–Trinajstić information content (AvgIpc) is 2.69. The van der Waals surface area contributed by atoms with Crippen LogP contribution >= 0.6 is 11.6 Å². The number of halogens is 1. The number of nitrogens with one attached hydrogen (secondary N) is 1. The normalized spacial score (nSPS) is 18.8. The second-order valence-corrected chi connectivity index (χ2v) is 5.69. The molecule has 1 N–H and O–H groups in total. The van der Waals surface area contributed by atoms with Crippen LogP contribution in [0.15, 0.2) is 18.3 Å². The van der Waals surface area contributed by atoms with Gasteiger partial charge in [0.05, 0.1) is 5.02 Å². The molecule has 2 aromatic heterocycles. The molecule has 0 atom stereocenters. The van der Waals surface area contributed by atoms with Gasteiger partial charge in [0.15, 0.2) is 0 Å². The number of pyridine rings is 1. The number of fused-ring (bicyclic) bond motifs is 1. The third-order valence-corrected chi connectivity index (χ3v) is 4.07. The van der Waals surface area contributed by atoms with Crippen molar-refractivity contribution in [1.82, 2.24) is 19.8 Å². The van der Waals surface area contributed by atoms with Crippen LogP contribution in [-0.2, 0) is 6.54 Å². The predicted octanol–water partition coefficient (Wildman–Crippen LogP) is 2.35. The van der Waals surface area contributed by atoms with Gasteiger partial charge < -0.3 is 9.88 Å². The van der Waals surface area contributed by atoms with Crippen molar-refractivity contribution in [2.75, 3.05) is 33.2 Å². The number of aromatic amines is 1. The lowest BCUT2D eigenvalue weighted by molar-refractivity contribution is 0.267. The van der Waals surface area contributed by atoms with Crippen molar-refractivity contribution in [1.29, 1.82) is 0 Å². The second kappa shape index (κ2) is 5.49. The molecule has 0 saturated carbocycles. The summed E-state index contributed by atoms with van der Waals surface area (Å²) in [4.78, 5) is 12.6. The van der Waals surface area contributed by atoms with E-state index in [-0.39, 0.29) is 0 Å². The van der Waals surface area contributed by atoms with Gasteiger partial charge >= 0.3 is 0 Å². The van der Waals surface area contributed by atoms with Gasteiger partial charge in [0.25, 0.3) is 0 Å². The van der Waals surface area contributed by atoms with Crippen molar-refractivity contribution in [3.63, 3.8) is 0 Å². The van der Waals surface area contributed by atoms with Gasteiger partial charge in [-0.1, -0.05) is 11.6 Å². The third kappa shape index (κ3) is 2.91. The SMILES string of the molecule is CN1CCCN(Cc2cc3c(Cl)ccnc3[nH]2)CC1. The van der Waals surface area contributed by atoms with Crippen molar-refractivity contribution in [3.05, 3.63) is 29.0 Å².